The fourth-order valence-corrected chi connectivity index (χ4v) is 3.63. The van der Waals surface area contributed by atoms with Gasteiger partial charge in [-0.05, 0) is 43.2 Å². The zero-order chi connectivity index (χ0) is 17.6. The maximum Gasteiger partial charge on any atom is 0.0868 e. The molecule has 1 aromatic rings. The molecule has 2 rings (SSSR count). The van der Waals surface area contributed by atoms with Gasteiger partial charge in [-0.25, -0.2) is 0 Å². The van der Waals surface area contributed by atoms with Gasteiger partial charge in [0.2, 0.25) is 0 Å². The number of hydrogen-bond acceptors (Lipinski definition) is 4. The van der Waals surface area contributed by atoms with Gasteiger partial charge in [0.1, 0.15) is 0 Å². The first-order valence-corrected chi connectivity index (χ1v) is 8.61. The summed E-state index contributed by atoms with van der Waals surface area (Å²) in [7, 11) is 0. The average Bonchev–Trinajstić information content (AvgIpc) is 2.84. The van der Waals surface area contributed by atoms with Crippen LogP contribution in [0.5, 0.6) is 0 Å². The largest absolute Gasteiger partial charge is 0.396 e. The van der Waals surface area contributed by atoms with Crippen molar-refractivity contribution in [2.75, 3.05) is 13.2 Å². The van der Waals surface area contributed by atoms with Gasteiger partial charge in [0.05, 0.1) is 18.2 Å². The van der Waals surface area contributed by atoms with Crippen molar-refractivity contribution in [3.63, 3.8) is 0 Å². The highest BCUT2D eigenvalue weighted by Crippen LogP contribution is 2.40. The molecule has 132 valence electrons. The zero-order valence-corrected chi connectivity index (χ0v) is 14.9. The van der Waals surface area contributed by atoms with Gasteiger partial charge in [0.15, 0.2) is 0 Å². The van der Waals surface area contributed by atoms with E-state index in [9.17, 15) is 5.11 Å². The van der Waals surface area contributed by atoms with Gasteiger partial charge >= 0.3 is 0 Å². The van der Waals surface area contributed by atoms with Crippen molar-refractivity contribution >= 4 is 0 Å². The number of rotatable bonds is 8. The van der Waals surface area contributed by atoms with Crippen LogP contribution in [0, 0.1) is 12.8 Å². The molecule has 0 bridgehead atoms. The molecule has 1 fully saturated rings. The zero-order valence-electron chi connectivity index (χ0n) is 14.9. The topological polar surface area (TPSA) is 81.5 Å². The normalized spacial score (nSPS) is 24.3. The Morgan fingerprint density at radius 2 is 2.12 bits per heavy atom. The number of aliphatic hydroxyl groups is 1. The molecule has 0 amide bonds. The monoisotopic (exact) mass is 332 g/mol. The quantitative estimate of drug-likeness (QED) is 0.444. The van der Waals surface area contributed by atoms with E-state index in [4.69, 9.17) is 10.4 Å². The molecule has 0 unspecified atom stereocenters. The highest BCUT2D eigenvalue weighted by molar-refractivity contribution is 5.21. The molecule has 1 aliphatic heterocycles. The summed E-state index contributed by atoms with van der Waals surface area (Å²) in [6.07, 6.45) is 2.24. The lowest BCUT2D eigenvalue weighted by Crippen LogP contribution is -2.44. The van der Waals surface area contributed by atoms with Crippen LogP contribution in [0.3, 0.4) is 0 Å². The lowest BCUT2D eigenvalue weighted by atomic mass is 9.81. The molecule has 0 saturated carbocycles. The van der Waals surface area contributed by atoms with Crippen molar-refractivity contribution in [2.24, 2.45) is 11.0 Å². The molecule has 2 atom stereocenters. The van der Waals surface area contributed by atoms with E-state index in [2.05, 4.69) is 55.1 Å². The van der Waals surface area contributed by atoms with E-state index in [0.717, 1.165) is 12.8 Å². The molecule has 0 spiro atoms. The van der Waals surface area contributed by atoms with Crippen LogP contribution >= 0.6 is 0 Å². The van der Waals surface area contributed by atoms with Gasteiger partial charge < -0.3 is 5.11 Å². The first kappa shape index (κ1) is 18.7. The second-order valence-electron chi connectivity index (χ2n) is 7.16. The summed E-state index contributed by atoms with van der Waals surface area (Å²) in [4.78, 5) is 8.97. The predicted molar refractivity (Wildman–Crippen MR) is 94.1 cm³/mol. The van der Waals surface area contributed by atoms with Crippen molar-refractivity contribution in [1.29, 1.82) is 0 Å². The smallest absolute Gasteiger partial charge is 0.0868 e. The van der Waals surface area contributed by atoms with Crippen LogP contribution in [-0.2, 0) is 11.4 Å². The Kier molecular flexibility index (Phi) is 6.63. The first-order valence-electron chi connectivity index (χ1n) is 8.61. The summed E-state index contributed by atoms with van der Waals surface area (Å²) >= 11 is 0. The second-order valence-corrected chi connectivity index (χ2v) is 7.16. The number of hydroxylamine groups is 2. The molecule has 6 nitrogen and oxygen atoms in total. The minimum atomic E-state index is -0.219. The molecule has 1 saturated heterocycles. The molecule has 1 N–H and O–H groups in total. The van der Waals surface area contributed by atoms with Crippen LogP contribution in [0.2, 0.25) is 0 Å². The first-order chi connectivity index (χ1) is 11.5. The highest BCUT2D eigenvalue weighted by atomic mass is 16.7. The molecule has 1 aromatic carbocycles. The lowest BCUT2D eigenvalue weighted by Gasteiger charge is -2.37. The van der Waals surface area contributed by atoms with Crippen LogP contribution in [0.4, 0.5) is 0 Å². The Bertz CT molecular complexity index is 569. The number of hydrogen-bond donors (Lipinski definition) is 1. The van der Waals surface area contributed by atoms with E-state index >= 15 is 0 Å². The Labute approximate surface area is 144 Å². The van der Waals surface area contributed by atoms with Crippen LogP contribution in [-0.4, -0.2) is 35.0 Å². The van der Waals surface area contributed by atoms with Gasteiger partial charge in [-0.2, -0.15) is 5.06 Å². The Morgan fingerprint density at radius 3 is 2.71 bits per heavy atom. The van der Waals surface area contributed by atoms with Gasteiger partial charge in [0, 0.05) is 18.1 Å². The SMILES string of the molecule is Cc1ccc(CN2O[C@@H](CN=[N+]=[N-])C[C@@]2(CCO)CC(C)C)cc1. The summed E-state index contributed by atoms with van der Waals surface area (Å²) in [6.45, 7) is 7.55. The van der Waals surface area contributed by atoms with Gasteiger partial charge in [-0.15, -0.1) is 0 Å². The fourth-order valence-electron chi connectivity index (χ4n) is 3.63. The van der Waals surface area contributed by atoms with E-state index in [1.54, 1.807) is 0 Å². The van der Waals surface area contributed by atoms with Crippen LogP contribution in [0.15, 0.2) is 29.4 Å². The summed E-state index contributed by atoms with van der Waals surface area (Å²) < 4.78 is 0. The Morgan fingerprint density at radius 1 is 1.42 bits per heavy atom. The number of aliphatic hydroxyl groups excluding tert-OH is 1. The van der Waals surface area contributed by atoms with E-state index in [1.807, 2.05) is 5.06 Å². The summed E-state index contributed by atoms with van der Waals surface area (Å²) in [5, 5.41) is 15.3. The van der Waals surface area contributed by atoms with Crippen molar-refractivity contribution in [3.05, 3.63) is 45.8 Å². The van der Waals surface area contributed by atoms with Crippen LogP contribution in [0.1, 0.15) is 44.2 Å². The van der Waals surface area contributed by atoms with E-state index in [1.165, 1.54) is 11.1 Å². The molecular formula is C18H28N4O2. The predicted octanol–water partition coefficient (Wildman–Crippen LogP) is 3.98. The standard InChI is InChI=1S/C18H28N4O2/c1-14(2)10-18(8-9-23)11-17(12-20-21-19)24-22(18)13-16-6-4-15(3)5-7-16/h4-7,14,17,23H,8-13H2,1-3H3/t17-,18-/m1/s1. The number of aryl methyl sites for hydroxylation is 1. The summed E-state index contributed by atoms with van der Waals surface area (Å²) in [5.74, 6) is 0.485. The van der Waals surface area contributed by atoms with Crippen molar-refractivity contribution in [2.45, 2.75) is 58.2 Å². The van der Waals surface area contributed by atoms with Crippen LogP contribution < -0.4 is 0 Å². The van der Waals surface area contributed by atoms with Gasteiger partial charge in [-0.1, -0.05) is 48.8 Å². The Balaban J connectivity index is 2.23. The molecule has 6 heteroatoms. The molecule has 0 aromatic heterocycles. The second kappa shape index (κ2) is 8.49. The third-order valence-corrected chi connectivity index (χ3v) is 4.57. The lowest BCUT2D eigenvalue weighted by molar-refractivity contribution is -0.199. The number of benzene rings is 1. The minimum Gasteiger partial charge on any atom is -0.396 e. The third-order valence-electron chi connectivity index (χ3n) is 4.57. The Hall–Kier alpha value is -1.59. The maximum atomic E-state index is 9.62. The van der Waals surface area contributed by atoms with Crippen LogP contribution in [0.25, 0.3) is 10.4 Å². The summed E-state index contributed by atoms with van der Waals surface area (Å²) in [5.41, 5.74) is 10.8. The fraction of sp³-hybridized carbons (Fsp3) is 0.667. The van der Waals surface area contributed by atoms with Crippen molar-refractivity contribution < 1.29 is 9.94 Å². The minimum absolute atomic E-state index is 0.120. The molecule has 0 aliphatic carbocycles. The van der Waals surface area contributed by atoms with E-state index in [0.29, 0.717) is 25.4 Å². The molecule has 1 heterocycles. The van der Waals surface area contributed by atoms with E-state index in [-0.39, 0.29) is 18.2 Å². The molecule has 24 heavy (non-hydrogen) atoms. The maximum absolute atomic E-state index is 9.62. The number of azide groups is 1. The van der Waals surface area contributed by atoms with Crippen molar-refractivity contribution in [1.82, 2.24) is 5.06 Å². The molecule has 1 aliphatic rings. The van der Waals surface area contributed by atoms with Crippen molar-refractivity contribution in [3.8, 4) is 0 Å². The average molecular weight is 332 g/mol. The van der Waals surface area contributed by atoms with E-state index < -0.39 is 0 Å². The highest BCUT2D eigenvalue weighted by Gasteiger charge is 2.46. The third kappa shape index (κ3) is 4.71. The van der Waals surface area contributed by atoms with Gasteiger partial charge in [-0.3, -0.25) is 4.84 Å². The molecule has 0 radical (unpaired) electrons. The van der Waals surface area contributed by atoms with Gasteiger partial charge in [0.25, 0.3) is 0 Å². The molecular weight excluding hydrogens is 304 g/mol. The number of nitrogens with zero attached hydrogens (tertiary/aromatic N) is 4. The summed E-state index contributed by atoms with van der Waals surface area (Å²) in [6, 6.07) is 8.41.